The summed E-state index contributed by atoms with van der Waals surface area (Å²) in [6.45, 7) is 8.52. The Balaban J connectivity index is 2.73. The van der Waals surface area contributed by atoms with Gasteiger partial charge in [0.25, 0.3) is 0 Å². The van der Waals surface area contributed by atoms with E-state index in [4.69, 9.17) is 0 Å². The molecule has 1 N–H and O–H groups in total. The highest BCUT2D eigenvalue weighted by molar-refractivity contribution is 5.26. The lowest BCUT2D eigenvalue weighted by Gasteiger charge is -2.15. The van der Waals surface area contributed by atoms with E-state index in [9.17, 15) is 5.11 Å². The maximum atomic E-state index is 9.40. The molecule has 0 heterocycles. The average molecular weight is 220 g/mol. The molecular weight excluding hydrogens is 196 g/mol. The summed E-state index contributed by atoms with van der Waals surface area (Å²) in [5.74, 6) is 1.13. The molecule has 1 heteroatoms. The minimum absolute atomic E-state index is 0.219. The van der Waals surface area contributed by atoms with Gasteiger partial charge in [-0.15, -0.1) is 0 Å². The van der Waals surface area contributed by atoms with E-state index in [1.165, 1.54) is 11.1 Å². The van der Waals surface area contributed by atoms with Crippen LogP contribution in [0.3, 0.4) is 0 Å². The van der Waals surface area contributed by atoms with Crippen LogP contribution < -0.4 is 0 Å². The molecule has 0 aliphatic carbocycles. The Bertz CT molecular complexity index is 315. The van der Waals surface area contributed by atoms with Crippen LogP contribution in [0.1, 0.15) is 51.2 Å². The van der Waals surface area contributed by atoms with Gasteiger partial charge in [-0.05, 0) is 42.7 Å². The van der Waals surface area contributed by atoms with Gasteiger partial charge in [-0.3, -0.25) is 0 Å². The first kappa shape index (κ1) is 13.2. The fourth-order valence-electron chi connectivity index (χ4n) is 2.15. The number of benzene rings is 1. The van der Waals surface area contributed by atoms with E-state index in [-0.39, 0.29) is 6.10 Å². The van der Waals surface area contributed by atoms with E-state index in [1.54, 1.807) is 0 Å². The van der Waals surface area contributed by atoms with Crippen molar-refractivity contribution in [2.45, 2.75) is 52.6 Å². The van der Waals surface area contributed by atoms with Gasteiger partial charge < -0.3 is 5.11 Å². The maximum Gasteiger partial charge on any atom is 0.0517 e. The molecule has 0 bridgehead atoms. The van der Waals surface area contributed by atoms with Crippen LogP contribution in [-0.2, 0) is 6.42 Å². The zero-order valence-corrected chi connectivity index (χ0v) is 10.9. The zero-order valence-electron chi connectivity index (χ0n) is 10.9. The standard InChI is InChI=1S/C15H24O/c1-11(2)8-14-6-5-7-15(10-14)12(3)9-13(4)16/h5-7,10-13,16H,8-9H2,1-4H3. The molecule has 0 aliphatic heterocycles. The van der Waals surface area contributed by atoms with E-state index in [1.807, 2.05) is 6.92 Å². The minimum Gasteiger partial charge on any atom is -0.393 e. The van der Waals surface area contributed by atoms with Crippen molar-refractivity contribution in [3.63, 3.8) is 0 Å². The Hall–Kier alpha value is -0.820. The van der Waals surface area contributed by atoms with Crippen LogP contribution in [0, 0.1) is 5.92 Å². The summed E-state index contributed by atoms with van der Waals surface area (Å²) in [6.07, 6.45) is 1.75. The molecule has 2 atom stereocenters. The summed E-state index contributed by atoms with van der Waals surface area (Å²) >= 11 is 0. The summed E-state index contributed by atoms with van der Waals surface area (Å²) in [5, 5.41) is 9.40. The highest BCUT2D eigenvalue weighted by Gasteiger charge is 2.09. The van der Waals surface area contributed by atoms with Crippen LogP contribution >= 0.6 is 0 Å². The van der Waals surface area contributed by atoms with Crippen molar-refractivity contribution >= 4 is 0 Å². The Morgan fingerprint density at radius 3 is 2.38 bits per heavy atom. The Labute approximate surface area is 99.5 Å². The Morgan fingerprint density at radius 2 is 1.81 bits per heavy atom. The summed E-state index contributed by atoms with van der Waals surface area (Å²) in [5.41, 5.74) is 2.75. The first-order valence-electron chi connectivity index (χ1n) is 6.26. The molecule has 1 aromatic carbocycles. The van der Waals surface area contributed by atoms with E-state index in [0.29, 0.717) is 11.8 Å². The highest BCUT2D eigenvalue weighted by atomic mass is 16.3. The summed E-state index contributed by atoms with van der Waals surface area (Å²) in [7, 11) is 0. The van der Waals surface area contributed by atoms with Crippen LogP contribution in [0.2, 0.25) is 0 Å². The predicted molar refractivity (Wildman–Crippen MR) is 69.7 cm³/mol. The Morgan fingerprint density at radius 1 is 1.12 bits per heavy atom. The third kappa shape index (κ3) is 4.36. The van der Waals surface area contributed by atoms with E-state index < -0.39 is 0 Å². The van der Waals surface area contributed by atoms with Gasteiger partial charge in [0.15, 0.2) is 0 Å². The first-order chi connectivity index (χ1) is 7.49. The van der Waals surface area contributed by atoms with E-state index in [0.717, 1.165) is 12.8 Å². The summed E-state index contributed by atoms with van der Waals surface area (Å²) in [4.78, 5) is 0. The van der Waals surface area contributed by atoms with Crippen LogP contribution in [-0.4, -0.2) is 11.2 Å². The van der Waals surface area contributed by atoms with Crippen molar-refractivity contribution < 1.29 is 5.11 Å². The number of rotatable bonds is 5. The number of aliphatic hydroxyl groups excluding tert-OH is 1. The molecular formula is C15H24O. The van der Waals surface area contributed by atoms with Gasteiger partial charge in [-0.1, -0.05) is 45.0 Å². The van der Waals surface area contributed by atoms with Gasteiger partial charge >= 0.3 is 0 Å². The van der Waals surface area contributed by atoms with Crippen molar-refractivity contribution in [1.29, 1.82) is 0 Å². The molecule has 0 saturated heterocycles. The highest BCUT2D eigenvalue weighted by Crippen LogP contribution is 2.22. The van der Waals surface area contributed by atoms with Crippen LogP contribution in [0.5, 0.6) is 0 Å². The predicted octanol–water partition coefficient (Wildman–Crippen LogP) is 3.76. The summed E-state index contributed by atoms with van der Waals surface area (Å²) in [6, 6.07) is 8.77. The van der Waals surface area contributed by atoms with Crippen molar-refractivity contribution in [3.05, 3.63) is 35.4 Å². The number of hydrogen-bond donors (Lipinski definition) is 1. The molecule has 0 saturated carbocycles. The second kappa shape index (κ2) is 6.05. The van der Waals surface area contributed by atoms with Gasteiger partial charge in [0.05, 0.1) is 6.10 Å². The van der Waals surface area contributed by atoms with Crippen molar-refractivity contribution in [2.24, 2.45) is 5.92 Å². The van der Waals surface area contributed by atoms with E-state index >= 15 is 0 Å². The molecule has 90 valence electrons. The van der Waals surface area contributed by atoms with Crippen molar-refractivity contribution in [1.82, 2.24) is 0 Å². The second-order valence-corrected chi connectivity index (χ2v) is 5.33. The first-order valence-corrected chi connectivity index (χ1v) is 6.26. The quantitative estimate of drug-likeness (QED) is 0.801. The maximum absolute atomic E-state index is 9.40. The molecule has 0 fully saturated rings. The normalized spacial score (nSPS) is 15.1. The topological polar surface area (TPSA) is 20.2 Å². The van der Waals surface area contributed by atoms with Gasteiger partial charge in [-0.25, -0.2) is 0 Å². The van der Waals surface area contributed by atoms with Gasteiger partial charge in [0.2, 0.25) is 0 Å². The van der Waals surface area contributed by atoms with Crippen molar-refractivity contribution in [2.75, 3.05) is 0 Å². The average Bonchev–Trinajstić information content (AvgIpc) is 2.16. The molecule has 0 radical (unpaired) electrons. The van der Waals surface area contributed by atoms with Crippen molar-refractivity contribution in [3.8, 4) is 0 Å². The molecule has 1 nitrogen and oxygen atoms in total. The molecule has 16 heavy (non-hydrogen) atoms. The molecule has 0 amide bonds. The number of aliphatic hydroxyl groups is 1. The van der Waals surface area contributed by atoms with Gasteiger partial charge in [-0.2, -0.15) is 0 Å². The molecule has 1 aromatic rings. The smallest absolute Gasteiger partial charge is 0.0517 e. The Kier molecular flexibility index (Phi) is 5.01. The third-order valence-electron chi connectivity index (χ3n) is 2.86. The fraction of sp³-hybridized carbons (Fsp3) is 0.600. The second-order valence-electron chi connectivity index (χ2n) is 5.33. The molecule has 0 aliphatic rings. The molecule has 0 aromatic heterocycles. The zero-order chi connectivity index (χ0) is 12.1. The lowest BCUT2D eigenvalue weighted by Crippen LogP contribution is -2.06. The van der Waals surface area contributed by atoms with Gasteiger partial charge in [0.1, 0.15) is 0 Å². The van der Waals surface area contributed by atoms with Crippen LogP contribution in [0.4, 0.5) is 0 Å². The fourth-order valence-corrected chi connectivity index (χ4v) is 2.15. The summed E-state index contributed by atoms with van der Waals surface area (Å²) < 4.78 is 0. The lowest BCUT2D eigenvalue weighted by molar-refractivity contribution is 0.176. The largest absolute Gasteiger partial charge is 0.393 e. The van der Waals surface area contributed by atoms with Gasteiger partial charge in [0, 0.05) is 0 Å². The monoisotopic (exact) mass is 220 g/mol. The van der Waals surface area contributed by atoms with E-state index in [2.05, 4.69) is 45.0 Å². The third-order valence-corrected chi connectivity index (χ3v) is 2.86. The lowest BCUT2D eigenvalue weighted by atomic mass is 9.92. The molecule has 1 rings (SSSR count). The molecule has 2 unspecified atom stereocenters. The SMILES string of the molecule is CC(C)Cc1cccc(C(C)CC(C)O)c1. The van der Waals surface area contributed by atoms with Crippen LogP contribution in [0.15, 0.2) is 24.3 Å². The molecule has 0 spiro atoms. The van der Waals surface area contributed by atoms with Crippen LogP contribution in [0.25, 0.3) is 0 Å². The minimum atomic E-state index is -0.219. The number of hydrogen-bond acceptors (Lipinski definition) is 1.